The minimum absolute atomic E-state index is 0.647. The van der Waals surface area contributed by atoms with Crippen LogP contribution in [0.5, 0.6) is 0 Å². The zero-order valence-electron chi connectivity index (χ0n) is 12.9. The number of aryl methyl sites for hydroxylation is 1. The van der Waals surface area contributed by atoms with Crippen LogP contribution in [0.4, 0.5) is 0 Å². The first-order valence-electron chi connectivity index (χ1n) is 7.29. The molecule has 0 unspecified atom stereocenters. The first-order valence-corrected chi connectivity index (χ1v) is 7.29. The highest BCUT2D eigenvalue weighted by Gasteiger charge is 2.03. The first-order chi connectivity index (χ1) is 10.1. The van der Waals surface area contributed by atoms with E-state index >= 15 is 0 Å². The highest BCUT2D eigenvalue weighted by molar-refractivity contribution is 5.37. The molecular weight excluding hydrogens is 260 g/mol. The van der Waals surface area contributed by atoms with Crippen LogP contribution in [-0.4, -0.2) is 16.1 Å². The van der Waals surface area contributed by atoms with Crippen LogP contribution in [0.1, 0.15) is 36.2 Å². The molecule has 0 aliphatic carbocycles. The molecule has 4 heteroatoms. The van der Waals surface area contributed by atoms with E-state index in [0.29, 0.717) is 11.5 Å². The van der Waals surface area contributed by atoms with Gasteiger partial charge in [-0.3, -0.25) is 0 Å². The Morgan fingerprint density at radius 3 is 2.86 bits per heavy atom. The van der Waals surface area contributed by atoms with Crippen molar-refractivity contribution in [3.63, 3.8) is 0 Å². The molecule has 0 aliphatic rings. The van der Waals surface area contributed by atoms with Crippen LogP contribution in [0.3, 0.4) is 0 Å². The topological polar surface area (TPSA) is 53.6 Å². The van der Waals surface area contributed by atoms with Gasteiger partial charge in [0.1, 0.15) is 0 Å². The molecule has 0 bridgehead atoms. The number of nitriles is 1. The number of imidazole rings is 1. The summed E-state index contributed by atoms with van der Waals surface area (Å²) in [6.07, 6.45) is 3.94. The van der Waals surface area contributed by atoms with Gasteiger partial charge in [0.15, 0.2) is 0 Å². The zero-order chi connectivity index (χ0) is 15.2. The lowest BCUT2D eigenvalue weighted by atomic mass is 10.1. The molecule has 110 valence electrons. The molecule has 1 N–H and O–H groups in total. The van der Waals surface area contributed by atoms with Gasteiger partial charge in [-0.25, -0.2) is 4.98 Å². The van der Waals surface area contributed by atoms with E-state index in [-0.39, 0.29) is 0 Å². The molecule has 4 nitrogen and oxygen atoms in total. The van der Waals surface area contributed by atoms with Crippen molar-refractivity contribution in [1.82, 2.24) is 14.9 Å². The van der Waals surface area contributed by atoms with E-state index in [1.165, 1.54) is 5.56 Å². The smallest absolute Gasteiger partial charge is 0.0991 e. The lowest BCUT2D eigenvalue weighted by Gasteiger charge is -2.07. The zero-order valence-corrected chi connectivity index (χ0v) is 12.9. The number of nitrogens with zero attached hydrogens (tertiary/aromatic N) is 3. The lowest BCUT2D eigenvalue weighted by Crippen LogP contribution is -2.19. The Morgan fingerprint density at radius 1 is 1.38 bits per heavy atom. The maximum Gasteiger partial charge on any atom is 0.0991 e. The summed E-state index contributed by atoms with van der Waals surface area (Å²) < 4.78 is 2.08. The standard InChI is InChI=1S/C17H22N4/c1-13(2)8-19-9-17-11-21(12-20-17)10-16-5-4-15(7-18)6-14(16)3/h4-6,11-13,19H,8-10H2,1-3H3. The van der Waals surface area contributed by atoms with Crippen molar-refractivity contribution in [2.24, 2.45) is 5.92 Å². The minimum Gasteiger partial charge on any atom is -0.333 e. The van der Waals surface area contributed by atoms with Crippen molar-refractivity contribution in [2.75, 3.05) is 6.54 Å². The molecule has 0 amide bonds. The normalized spacial score (nSPS) is 10.8. The average molecular weight is 282 g/mol. The third-order valence-corrected chi connectivity index (χ3v) is 3.37. The van der Waals surface area contributed by atoms with E-state index in [4.69, 9.17) is 5.26 Å². The quantitative estimate of drug-likeness (QED) is 0.886. The Balaban J connectivity index is 1.98. The number of benzene rings is 1. The Morgan fingerprint density at radius 2 is 2.19 bits per heavy atom. The second-order valence-electron chi connectivity index (χ2n) is 5.82. The molecule has 21 heavy (non-hydrogen) atoms. The number of rotatable bonds is 6. The fraction of sp³-hybridized carbons (Fsp3) is 0.412. The second kappa shape index (κ2) is 7.05. The largest absolute Gasteiger partial charge is 0.333 e. The van der Waals surface area contributed by atoms with Gasteiger partial charge in [0.25, 0.3) is 0 Å². The summed E-state index contributed by atoms with van der Waals surface area (Å²) in [6.45, 7) is 9.02. The SMILES string of the molecule is Cc1cc(C#N)ccc1Cn1cnc(CNCC(C)C)c1. The molecule has 0 saturated carbocycles. The fourth-order valence-corrected chi connectivity index (χ4v) is 2.21. The summed E-state index contributed by atoms with van der Waals surface area (Å²) in [5.41, 5.74) is 4.12. The van der Waals surface area contributed by atoms with Gasteiger partial charge in [0.2, 0.25) is 0 Å². The van der Waals surface area contributed by atoms with Gasteiger partial charge in [-0.15, -0.1) is 0 Å². The molecule has 2 aromatic rings. The highest BCUT2D eigenvalue weighted by Crippen LogP contribution is 2.12. The van der Waals surface area contributed by atoms with Gasteiger partial charge >= 0.3 is 0 Å². The molecule has 0 spiro atoms. The number of hydrogen-bond acceptors (Lipinski definition) is 3. The van der Waals surface area contributed by atoms with Gasteiger partial charge in [-0.1, -0.05) is 19.9 Å². The predicted molar refractivity (Wildman–Crippen MR) is 83.8 cm³/mol. The Bertz CT molecular complexity index is 634. The predicted octanol–water partition coefficient (Wildman–Crippen LogP) is 2.86. The maximum absolute atomic E-state index is 8.90. The van der Waals surface area contributed by atoms with E-state index in [9.17, 15) is 0 Å². The summed E-state index contributed by atoms with van der Waals surface area (Å²) in [4.78, 5) is 4.42. The van der Waals surface area contributed by atoms with Crippen LogP contribution in [0, 0.1) is 24.2 Å². The molecule has 2 rings (SSSR count). The Hall–Kier alpha value is -2.12. The van der Waals surface area contributed by atoms with Crippen molar-refractivity contribution in [1.29, 1.82) is 5.26 Å². The molecule has 0 atom stereocenters. The van der Waals surface area contributed by atoms with Gasteiger partial charge in [0.05, 0.1) is 23.7 Å². The number of nitrogens with one attached hydrogen (secondary N) is 1. The molecular formula is C17H22N4. The third kappa shape index (κ3) is 4.44. The number of hydrogen-bond donors (Lipinski definition) is 1. The molecule has 1 heterocycles. The molecule has 0 saturated heterocycles. The Labute approximate surface area is 126 Å². The van der Waals surface area contributed by atoms with Crippen molar-refractivity contribution < 1.29 is 0 Å². The molecule has 1 aromatic carbocycles. The third-order valence-electron chi connectivity index (χ3n) is 3.37. The average Bonchev–Trinajstić information content (AvgIpc) is 2.88. The summed E-state index contributed by atoms with van der Waals surface area (Å²) in [6, 6.07) is 7.98. The Kier molecular flexibility index (Phi) is 5.13. The van der Waals surface area contributed by atoms with Crippen LogP contribution >= 0.6 is 0 Å². The summed E-state index contributed by atoms with van der Waals surface area (Å²) in [5, 5.41) is 12.3. The number of aromatic nitrogens is 2. The lowest BCUT2D eigenvalue weighted by molar-refractivity contribution is 0.548. The highest BCUT2D eigenvalue weighted by atomic mass is 15.0. The molecule has 0 fully saturated rings. The summed E-state index contributed by atoms with van der Waals surface area (Å²) in [5.74, 6) is 0.647. The molecule has 0 radical (unpaired) electrons. The van der Waals surface area contributed by atoms with Crippen molar-refractivity contribution >= 4 is 0 Å². The van der Waals surface area contributed by atoms with Crippen LogP contribution in [-0.2, 0) is 13.1 Å². The minimum atomic E-state index is 0.647. The summed E-state index contributed by atoms with van der Waals surface area (Å²) >= 11 is 0. The van der Waals surface area contributed by atoms with Gasteiger partial charge in [-0.05, 0) is 42.6 Å². The first kappa shape index (κ1) is 15.3. The molecule has 1 aromatic heterocycles. The van der Waals surface area contributed by atoms with E-state index in [2.05, 4.69) is 41.0 Å². The van der Waals surface area contributed by atoms with E-state index in [1.807, 2.05) is 31.5 Å². The van der Waals surface area contributed by atoms with E-state index in [1.54, 1.807) is 0 Å². The molecule has 0 aliphatic heterocycles. The van der Waals surface area contributed by atoms with Crippen molar-refractivity contribution in [2.45, 2.75) is 33.9 Å². The van der Waals surface area contributed by atoms with Crippen LogP contribution in [0.25, 0.3) is 0 Å². The van der Waals surface area contributed by atoms with Crippen molar-refractivity contribution in [3.8, 4) is 6.07 Å². The van der Waals surface area contributed by atoms with Crippen LogP contribution in [0.15, 0.2) is 30.7 Å². The van der Waals surface area contributed by atoms with E-state index < -0.39 is 0 Å². The van der Waals surface area contributed by atoms with Crippen LogP contribution in [0.2, 0.25) is 0 Å². The van der Waals surface area contributed by atoms with Crippen LogP contribution < -0.4 is 5.32 Å². The van der Waals surface area contributed by atoms with Gasteiger partial charge in [0, 0.05) is 19.3 Å². The van der Waals surface area contributed by atoms with E-state index in [0.717, 1.165) is 30.9 Å². The van der Waals surface area contributed by atoms with Crippen molar-refractivity contribution in [3.05, 3.63) is 53.1 Å². The maximum atomic E-state index is 8.90. The second-order valence-corrected chi connectivity index (χ2v) is 5.82. The summed E-state index contributed by atoms with van der Waals surface area (Å²) in [7, 11) is 0. The van der Waals surface area contributed by atoms with Gasteiger partial charge < -0.3 is 9.88 Å². The monoisotopic (exact) mass is 282 g/mol. The van der Waals surface area contributed by atoms with Gasteiger partial charge in [-0.2, -0.15) is 5.26 Å². The fourth-order valence-electron chi connectivity index (χ4n) is 2.21.